The predicted molar refractivity (Wildman–Crippen MR) is 118 cm³/mol. The number of carbonyl (C=O) groups is 1. The van der Waals surface area contributed by atoms with Crippen molar-refractivity contribution in [3.63, 3.8) is 0 Å². The first-order chi connectivity index (χ1) is 15.1. The van der Waals surface area contributed by atoms with Crippen molar-refractivity contribution in [3.05, 3.63) is 72.3 Å². The lowest BCUT2D eigenvalue weighted by atomic mass is 9.97. The number of amides is 1. The van der Waals surface area contributed by atoms with Crippen molar-refractivity contribution in [2.75, 3.05) is 25.6 Å². The van der Waals surface area contributed by atoms with E-state index in [1.165, 1.54) is 6.33 Å². The van der Waals surface area contributed by atoms with Gasteiger partial charge >= 0.3 is 0 Å². The largest absolute Gasteiger partial charge is 0.383 e. The van der Waals surface area contributed by atoms with Crippen LogP contribution in [0.5, 0.6) is 0 Å². The number of likely N-dealkylation sites (tertiary alicyclic amines) is 1. The predicted octanol–water partition coefficient (Wildman–Crippen LogP) is 2.95. The Labute approximate surface area is 179 Å². The fraction of sp³-hybridized carbons (Fsp3) is 0.261. The van der Waals surface area contributed by atoms with Gasteiger partial charge in [0.05, 0.1) is 23.4 Å². The average molecular weight is 421 g/mol. The third-order valence-corrected chi connectivity index (χ3v) is 5.44. The number of fused-ring (bicyclic) bond motifs is 1. The van der Waals surface area contributed by atoms with Gasteiger partial charge in [0.1, 0.15) is 6.33 Å². The van der Waals surface area contributed by atoms with Gasteiger partial charge in [0.15, 0.2) is 6.30 Å². The number of hydrogen-bond donors (Lipinski definition) is 2. The van der Waals surface area contributed by atoms with E-state index in [2.05, 4.69) is 15.3 Å². The molecule has 1 aromatic heterocycles. The summed E-state index contributed by atoms with van der Waals surface area (Å²) >= 11 is 0. The summed E-state index contributed by atoms with van der Waals surface area (Å²) in [6.07, 6.45) is 2.36. The van der Waals surface area contributed by atoms with E-state index in [0.29, 0.717) is 24.4 Å². The molecule has 3 aromatic rings. The van der Waals surface area contributed by atoms with E-state index in [0.717, 1.165) is 17.3 Å². The average Bonchev–Trinajstić information content (AvgIpc) is 2.76. The topological polar surface area (TPSA) is 93.4 Å². The van der Waals surface area contributed by atoms with Crippen molar-refractivity contribution >= 4 is 28.1 Å². The number of hydrogen-bond acceptors (Lipinski definition) is 6. The van der Waals surface area contributed by atoms with Gasteiger partial charge in [-0.1, -0.05) is 24.3 Å². The molecule has 0 bridgehead atoms. The maximum absolute atomic E-state index is 15.9. The fourth-order valence-corrected chi connectivity index (χ4v) is 3.79. The van der Waals surface area contributed by atoms with Gasteiger partial charge in [-0.25, -0.2) is 14.4 Å². The molecule has 2 aromatic carbocycles. The normalized spacial score (nSPS) is 18.2. The molecular formula is C23H24FN5O2. The number of ether oxygens (including phenoxy) is 1. The van der Waals surface area contributed by atoms with Crippen molar-refractivity contribution < 1.29 is 13.9 Å². The van der Waals surface area contributed by atoms with E-state index in [9.17, 15) is 4.79 Å². The molecule has 2 unspecified atom stereocenters. The lowest BCUT2D eigenvalue weighted by Gasteiger charge is -2.43. The number of nitrogens with two attached hydrogens (primary N) is 1. The number of para-hydroxylation sites is 1. The molecule has 1 fully saturated rings. The van der Waals surface area contributed by atoms with Crippen molar-refractivity contribution in [3.8, 4) is 0 Å². The highest BCUT2D eigenvalue weighted by Gasteiger charge is 2.38. The number of aromatic nitrogens is 2. The molecule has 1 aliphatic rings. The van der Waals surface area contributed by atoms with Crippen LogP contribution in [-0.2, 0) is 9.53 Å². The molecule has 7 nitrogen and oxygen atoms in total. The van der Waals surface area contributed by atoms with Crippen molar-refractivity contribution in [2.45, 2.75) is 18.8 Å². The van der Waals surface area contributed by atoms with Crippen LogP contribution in [0, 0.1) is 0 Å². The number of carbonyl (C=O) groups excluding carboxylic acids is 1. The first-order valence-electron chi connectivity index (χ1n) is 10.0. The number of halogens is 1. The zero-order valence-electron chi connectivity index (χ0n) is 17.2. The van der Waals surface area contributed by atoms with E-state index in [-0.39, 0.29) is 17.3 Å². The quantitative estimate of drug-likeness (QED) is 0.429. The maximum atomic E-state index is 15.9. The van der Waals surface area contributed by atoms with Gasteiger partial charge in [0.25, 0.3) is 5.91 Å². The first kappa shape index (κ1) is 20.9. The van der Waals surface area contributed by atoms with Crippen LogP contribution in [0.1, 0.15) is 12.0 Å². The lowest BCUT2D eigenvalue weighted by Crippen LogP contribution is -2.55. The second kappa shape index (κ2) is 9.20. The van der Waals surface area contributed by atoms with Gasteiger partial charge in [-0.3, -0.25) is 9.69 Å². The Balaban J connectivity index is 1.82. The molecule has 8 heteroatoms. The molecule has 1 saturated heterocycles. The highest BCUT2D eigenvalue weighted by molar-refractivity contribution is 6.20. The van der Waals surface area contributed by atoms with E-state index in [1.807, 2.05) is 30.3 Å². The van der Waals surface area contributed by atoms with Gasteiger partial charge in [-0.15, -0.1) is 0 Å². The van der Waals surface area contributed by atoms with Crippen LogP contribution >= 0.6 is 0 Å². The number of nitrogens with zero attached hydrogens (tertiary/aromatic N) is 3. The third kappa shape index (κ3) is 4.40. The number of primary amides is 1. The highest BCUT2D eigenvalue weighted by atomic mass is 19.1. The third-order valence-electron chi connectivity index (χ3n) is 5.44. The Hall–Kier alpha value is -3.36. The molecule has 1 amide bonds. The molecule has 0 radical (unpaired) electrons. The Morgan fingerprint density at radius 2 is 2.13 bits per heavy atom. The molecule has 31 heavy (non-hydrogen) atoms. The molecule has 2 atom stereocenters. The van der Waals surface area contributed by atoms with Crippen LogP contribution in [0.2, 0.25) is 0 Å². The second-order valence-electron chi connectivity index (χ2n) is 7.41. The molecular weight excluding hydrogens is 397 g/mol. The summed E-state index contributed by atoms with van der Waals surface area (Å²) in [5, 5.41) is 3.84. The summed E-state index contributed by atoms with van der Waals surface area (Å²) < 4.78 is 21.1. The van der Waals surface area contributed by atoms with E-state index in [1.54, 1.807) is 36.4 Å². The Morgan fingerprint density at radius 1 is 1.32 bits per heavy atom. The number of rotatable bonds is 8. The molecule has 0 saturated carbocycles. The minimum atomic E-state index is -1.56. The smallest absolute Gasteiger partial charge is 0.251 e. The minimum absolute atomic E-state index is 0.0632. The second-order valence-corrected chi connectivity index (χ2v) is 7.41. The van der Waals surface area contributed by atoms with E-state index >= 15 is 4.39 Å². The number of alkyl halides is 1. The molecule has 160 valence electrons. The maximum Gasteiger partial charge on any atom is 0.251 e. The van der Waals surface area contributed by atoms with Crippen LogP contribution in [0.25, 0.3) is 16.5 Å². The van der Waals surface area contributed by atoms with Crippen molar-refractivity contribution in [1.82, 2.24) is 14.9 Å². The van der Waals surface area contributed by atoms with Crippen molar-refractivity contribution in [2.24, 2.45) is 5.73 Å². The Bertz CT molecular complexity index is 1110. The summed E-state index contributed by atoms with van der Waals surface area (Å²) in [4.78, 5) is 22.5. The minimum Gasteiger partial charge on any atom is -0.383 e. The number of methoxy groups -OCH3 is 1. The van der Waals surface area contributed by atoms with Gasteiger partial charge < -0.3 is 15.8 Å². The van der Waals surface area contributed by atoms with E-state index < -0.39 is 12.2 Å². The number of benzene rings is 2. The van der Waals surface area contributed by atoms with E-state index in [4.69, 9.17) is 10.5 Å². The van der Waals surface area contributed by atoms with Crippen LogP contribution in [0.15, 0.2) is 66.8 Å². The van der Waals surface area contributed by atoms with Crippen LogP contribution in [-0.4, -0.2) is 53.4 Å². The lowest BCUT2D eigenvalue weighted by molar-refractivity contribution is -0.112. The summed E-state index contributed by atoms with van der Waals surface area (Å²) in [7, 11) is 1.59. The summed E-state index contributed by atoms with van der Waals surface area (Å²) in [5.74, 6) is -0.721. The van der Waals surface area contributed by atoms with Crippen LogP contribution in [0.3, 0.4) is 0 Å². The van der Waals surface area contributed by atoms with Gasteiger partial charge in [-0.2, -0.15) is 0 Å². The zero-order valence-corrected chi connectivity index (χ0v) is 17.2. The van der Waals surface area contributed by atoms with Gasteiger partial charge in [0.2, 0.25) is 0 Å². The van der Waals surface area contributed by atoms with Crippen LogP contribution in [0.4, 0.5) is 10.1 Å². The fourth-order valence-electron chi connectivity index (χ4n) is 3.79. The standard InChI is InChI=1S/C23H24FN5O2/c1-31-13-18-9-10-29(18)22(24)21(28-17-5-3-2-4-6-17)20(23(25)30)15-7-8-19-16(11-15)12-26-14-27-19/h2-8,11-12,14,18,22,28H,9-10,13H2,1H3,(H2,25,30). The SMILES string of the molecule is COCC1CCN1C(F)C(Nc1ccccc1)=C(C(N)=O)c1ccc2ncncc2c1. The first-order valence-corrected chi connectivity index (χ1v) is 10.0. The van der Waals surface area contributed by atoms with Crippen molar-refractivity contribution in [1.29, 1.82) is 0 Å². The molecule has 4 rings (SSSR count). The Morgan fingerprint density at radius 3 is 2.81 bits per heavy atom. The summed E-state index contributed by atoms with van der Waals surface area (Å²) in [6, 6.07) is 14.3. The highest BCUT2D eigenvalue weighted by Crippen LogP contribution is 2.32. The molecule has 0 spiro atoms. The molecule has 1 aliphatic heterocycles. The molecule has 0 aliphatic carbocycles. The summed E-state index contributed by atoms with van der Waals surface area (Å²) in [5.41, 5.74) is 7.86. The number of nitrogens with one attached hydrogen (secondary N) is 1. The van der Waals surface area contributed by atoms with Gasteiger partial charge in [0, 0.05) is 37.0 Å². The summed E-state index contributed by atoms with van der Waals surface area (Å²) in [6.45, 7) is 0.977. The van der Waals surface area contributed by atoms with Crippen LogP contribution < -0.4 is 11.1 Å². The monoisotopic (exact) mass is 421 g/mol. The van der Waals surface area contributed by atoms with Gasteiger partial charge in [-0.05, 0) is 36.2 Å². The zero-order chi connectivity index (χ0) is 21.8. The Kier molecular flexibility index (Phi) is 6.20. The molecule has 3 N–H and O–H groups in total. The molecule has 2 heterocycles. The number of anilines is 1.